The van der Waals surface area contributed by atoms with Gasteiger partial charge in [-0.05, 0) is 50.2 Å². The number of aryl methyl sites for hydroxylation is 1. The molecule has 1 aliphatic carbocycles. The lowest BCUT2D eigenvalue weighted by molar-refractivity contribution is 0.0919. The highest BCUT2D eigenvalue weighted by Crippen LogP contribution is 2.24. The molecule has 0 aliphatic heterocycles. The smallest absolute Gasteiger partial charge is 0.267 e. The number of aromatic amines is 1. The molecule has 0 radical (unpaired) electrons. The molecule has 1 aromatic carbocycles. The summed E-state index contributed by atoms with van der Waals surface area (Å²) in [5, 5.41) is 4.27. The van der Waals surface area contributed by atoms with Gasteiger partial charge in [-0.2, -0.15) is 0 Å². The average molecular weight is 270 g/mol. The molecule has 1 saturated carbocycles. The summed E-state index contributed by atoms with van der Waals surface area (Å²) in [5.74, 6) is 0.832. The van der Waals surface area contributed by atoms with Crippen LogP contribution in [0.25, 0.3) is 10.9 Å². The summed E-state index contributed by atoms with van der Waals surface area (Å²) < 4.78 is 0. The molecule has 106 valence electrons. The fourth-order valence-corrected chi connectivity index (χ4v) is 3.10. The van der Waals surface area contributed by atoms with Crippen LogP contribution in [0.1, 0.15) is 48.7 Å². The molecular weight excluding hydrogens is 248 g/mol. The zero-order valence-electron chi connectivity index (χ0n) is 12.2. The number of fused-ring (bicyclic) bond motifs is 1. The van der Waals surface area contributed by atoms with Gasteiger partial charge in [-0.15, -0.1) is 0 Å². The van der Waals surface area contributed by atoms with Crippen LogP contribution in [0.3, 0.4) is 0 Å². The van der Waals surface area contributed by atoms with Gasteiger partial charge < -0.3 is 10.3 Å². The average Bonchev–Trinajstić information content (AvgIpc) is 2.87. The molecule has 0 unspecified atom stereocenters. The maximum absolute atomic E-state index is 12.3. The van der Waals surface area contributed by atoms with Crippen LogP contribution in [0.2, 0.25) is 0 Å². The number of aromatic nitrogens is 1. The normalized spacial score (nSPS) is 22.9. The monoisotopic (exact) mass is 270 g/mol. The maximum Gasteiger partial charge on any atom is 0.267 e. The van der Waals surface area contributed by atoms with E-state index in [-0.39, 0.29) is 5.91 Å². The highest BCUT2D eigenvalue weighted by Gasteiger charge is 2.21. The Morgan fingerprint density at radius 3 is 2.70 bits per heavy atom. The lowest BCUT2D eigenvalue weighted by atomic mass is 9.87. The lowest BCUT2D eigenvalue weighted by Crippen LogP contribution is -2.37. The minimum atomic E-state index is 0.0279. The molecule has 0 saturated heterocycles. The summed E-state index contributed by atoms with van der Waals surface area (Å²) >= 11 is 0. The molecule has 1 fully saturated rings. The standard InChI is InChI=1S/C17H22N2O/c1-11-6-8-14(9-7-11)18-17(20)15-10-13-5-3-4-12(2)16(13)19-15/h3-5,10-11,14,19H,6-9H2,1-2H3,(H,18,20). The van der Waals surface area contributed by atoms with Crippen molar-refractivity contribution in [1.82, 2.24) is 10.3 Å². The van der Waals surface area contributed by atoms with Gasteiger partial charge >= 0.3 is 0 Å². The summed E-state index contributed by atoms with van der Waals surface area (Å²) in [6.07, 6.45) is 4.64. The number of rotatable bonds is 2. The zero-order chi connectivity index (χ0) is 14.1. The Bertz CT molecular complexity index is 621. The van der Waals surface area contributed by atoms with Crippen LogP contribution < -0.4 is 5.32 Å². The molecule has 1 amide bonds. The second-order valence-corrected chi connectivity index (χ2v) is 6.15. The first-order chi connectivity index (χ1) is 9.63. The van der Waals surface area contributed by atoms with E-state index in [0.717, 1.165) is 29.7 Å². The highest BCUT2D eigenvalue weighted by molar-refractivity contribution is 5.98. The number of carbonyl (C=O) groups is 1. The number of H-pyrrole nitrogens is 1. The van der Waals surface area contributed by atoms with E-state index >= 15 is 0 Å². The van der Waals surface area contributed by atoms with Crippen molar-refractivity contribution >= 4 is 16.8 Å². The molecule has 1 aliphatic rings. The number of hydrogen-bond acceptors (Lipinski definition) is 1. The van der Waals surface area contributed by atoms with Gasteiger partial charge in [-0.25, -0.2) is 0 Å². The van der Waals surface area contributed by atoms with Crippen molar-refractivity contribution in [2.45, 2.75) is 45.6 Å². The highest BCUT2D eigenvalue weighted by atomic mass is 16.1. The predicted octanol–water partition coefficient (Wildman–Crippen LogP) is 3.78. The van der Waals surface area contributed by atoms with Gasteiger partial charge in [0.2, 0.25) is 0 Å². The van der Waals surface area contributed by atoms with E-state index in [2.05, 4.69) is 30.2 Å². The van der Waals surface area contributed by atoms with Gasteiger partial charge in [0.25, 0.3) is 5.91 Å². The molecule has 2 N–H and O–H groups in total. The Kier molecular flexibility index (Phi) is 3.51. The molecule has 3 rings (SSSR count). The minimum Gasteiger partial charge on any atom is -0.350 e. The minimum absolute atomic E-state index is 0.0279. The number of benzene rings is 1. The maximum atomic E-state index is 12.3. The van der Waals surface area contributed by atoms with Crippen molar-refractivity contribution in [1.29, 1.82) is 0 Å². The molecule has 2 aromatic rings. The van der Waals surface area contributed by atoms with E-state index in [1.165, 1.54) is 18.4 Å². The van der Waals surface area contributed by atoms with Gasteiger partial charge in [-0.3, -0.25) is 4.79 Å². The second-order valence-electron chi connectivity index (χ2n) is 6.15. The first-order valence-electron chi connectivity index (χ1n) is 7.52. The van der Waals surface area contributed by atoms with E-state index < -0.39 is 0 Å². The third kappa shape index (κ3) is 2.58. The van der Waals surface area contributed by atoms with E-state index in [9.17, 15) is 4.79 Å². The van der Waals surface area contributed by atoms with Crippen LogP contribution in [0.15, 0.2) is 24.3 Å². The third-order valence-corrected chi connectivity index (χ3v) is 4.46. The third-order valence-electron chi connectivity index (χ3n) is 4.46. The largest absolute Gasteiger partial charge is 0.350 e. The van der Waals surface area contributed by atoms with Crippen LogP contribution >= 0.6 is 0 Å². The van der Waals surface area contributed by atoms with Gasteiger partial charge in [0, 0.05) is 16.9 Å². The molecule has 3 nitrogen and oxygen atoms in total. The van der Waals surface area contributed by atoms with Gasteiger partial charge in [0.05, 0.1) is 0 Å². The Morgan fingerprint density at radius 2 is 2.00 bits per heavy atom. The molecule has 1 aromatic heterocycles. The van der Waals surface area contributed by atoms with Crippen molar-refractivity contribution in [2.75, 3.05) is 0 Å². The Balaban J connectivity index is 1.74. The number of amides is 1. The lowest BCUT2D eigenvalue weighted by Gasteiger charge is -2.26. The molecule has 1 heterocycles. The van der Waals surface area contributed by atoms with E-state index in [4.69, 9.17) is 0 Å². The number of carbonyl (C=O) groups excluding carboxylic acids is 1. The number of para-hydroxylation sites is 1. The topological polar surface area (TPSA) is 44.9 Å². The zero-order valence-corrected chi connectivity index (χ0v) is 12.2. The first kappa shape index (κ1) is 13.2. The summed E-state index contributed by atoms with van der Waals surface area (Å²) in [6.45, 7) is 4.35. The number of hydrogen-bond donors (Lipinski definition) is 2. The van der Waals surface area contributed by atoms with Gasteiger partial charge in [0.15, 0.2) is 0 Å². The quantitative estimate of drug-likeness (QED) is 0.857. The van der Waals surface area contributed by atoms with Crippen molar-refractivity contribution in [3.8, 4) is 0 Å². The van der Waals surface area contributed by atoms with Crippen molar-refractivity contribution in [3.63, 3.8) is 0 Å². The van der Waals surface area contributed by atoms with Crippen LogP contribution in [0.4, 0.5) is 0 Å². The molecular formula is C17H22N2O. The fourth-order valence-electron chi connectivity index (χ4n) is 3.10. The van der Waals surface area contributed by atoms with Crippen molar-refractivity contribution < 1.29 is 4.79 Å². The Morgan fingerprint density at radius 1 is 1.25 bits per heavy atom. The first-order valence-corrected chi connectivity index (χ1v) is 7.52. The van der Waals surface area contributed by atoms with Crippen LogP contribution in [-0.2, 0) is 0 Å². The number of nitrogens with one attached hydrogen (secondary N) is 2. The van der Waals surface area contributed by atoms with Crippen LogP contribution in [-0.4, -0.2) is 16.9 Å². The van der Waals surface area contributed by atoms with Crippen LogP contribution in [0, 0.1) is 12.8 Å². The summed E-state index contributed by atoms with van der Waals surface area (Å²) in [5.41, 5.74) is 2.91. The molecule has 0 spiro atoms. The predicted molar refractivity (Wildman–Crippen MR) is 81.9 cm³/mol. The molecule has 0 bridgehead atoms. The summed E-state index contributed by atoms with van der Waals surface area (Å²) in [7, 11) is 0. The molecule has 0 atom stereocenters. The van der Waals surface area contributed by atoms with Crippen molar-refractivity contribution in [2.24, 2.45) is 5.92 Å². The van der Waals surface area contributed by atoms with Gasteiger partial charge in [0.1, 0.15) is 5.69 Å². The Hall–Kier alpha value is -1.77. The van der Waals surface area contributed by atoms with E-state index in [0.29, 0.717) is 11.7 Å². The Labute approximate surface area is 119 Å². The molecule has 3 heteroatoms. The fraction of sp³-hybridized carbons (Fsp3) is 0.471. The van der Waals surface area contributed by atoms with E-state index in [1.807, 2.05) is 18.2 Å². The molecule has 20 heavy (non-hydrogen) atoms. The van der Waals surface area contributed by atoms with Crippen LogP contribution in [0.5, 0.6) is 0 Å². The van der Waals surface area contributed by atoms with Gasteiger partial charge in [-0.1, -0.05) is 25.1 Å². The van der Waals surface area contributed by atoms with Crippen molar-refractivity contribution in [3.05, 3.63) is 35.5 Å². The second kappa shape index (κ2) is 5.31. The SMILES string of the molecule is Cc1cccc2cc(C(=O)NC3CCC(C)CC3)[nH]c12. The summed E-state index contributed by atoms with van der Waals surface area (Å²) in [4.78, 5) is 15.6. The summed E-state index contributed by atoms with van der Waals surface area (Å²) in [6, 6.07) is 8.41. The van der Waals surface area contributed by atoms with E-state index in [1.54, 1.807) is 0 Å².